The lowest BCUT2D eigenvalue weighted by atomic mass is 9.86. The SMILES string of the molecule is CCCCOC(=O)C1CSC(c2ccccc2)N1C(=O)c1ccc(C(C)(C)C)cc1. The van der Waals surface area contributed by atoms with E-state index in [4.69, 9.17) is 4.74 Å². The molecule has 1 heterocycles. The molecule has 0 spiro atoms. The molecule has 0 radical (unpaired) electrons. The molecule has 3 rings (SSSR count). The zero-order chi connectivity index (χ0) is 21.7. The third kappa shape index (κ3) is 5.07. The lowest BCUT2D eigenvalue weighted by molar-refractivity contribution is -0.148. The van der Waals surface area contributed by atoms with Gasteiger partial charge in [-0.1, -0.05) is 76.6 Å². The van der Waals surface area contributed by atoms with Crippen molar-refractivity contribution < 1.29 is 14.3 Å². The van der Waals surface area contributed by atoms with Crippen molar-refractivity contribution in [1.29, 1.82) is 0 Å². The molecule has 0 N–H and O–H groups in total. The zero-order valence-electron chi connectivity index (χ0n) is 18.3. The smallest absolute Gasteiger partial charge is 0.329 e. The van der Waals surface area contributed by atoms with Crippen molar-refractivity contribution in [1.82, 2.24) is 4.90 Å². The molecule has 2 aromatic carbocycles. The van der Waals surface area contributed by atoms with Crippen LogP contribution in [0.5, 0.6) is 0 Å². The minimum Gasteiger partial charge on any atom is -0.464 e. The number of rotatable bonds is 6. The maximum absolute atomic E-state index is 13.5. The number of hydrogen-bond acceptors (Lipinski definition) is 4. The number of benzene rings is 2. The van der Waals surface area contributed by atoms with Gasteiger partial charge in [-0.2, -0.15) is 0 Å². The quantitative estimate of drug-likeness (QED) is 0.447. The Morgan fingerprint density at radius 3 is 2.33 bits per heavy atom. The van der Waals surface area contributed by atoms with Crippen molar-refractivity contribution in [2.75, 3.05) is 12.4 Å². The van der Waals surface area contributed by atoms with Crippen molar-refractivity contribution in [2.24, 2.45) is 0 Å². The third-order valence-corrected chi connectivity index (χ3v) is 6.66. The number of hydrogen-bond donors (Lipinski definition) is 0. The summed E-state index contributed by atoms with van der Waals surface area (Å²) < 4.78 is 5.48. The van der Waals surface area contributed by atoms with E-state index in [-0.39, 0.29) is 22.7 Å². The molecule has 1 amide bonds. The van der Waals surface area contributed by atoms with Crippen LogP contribution in [0.25, 0.3) is 0 Å². The van der Waals surface area contributed by atoms with Gasteiger partial charge in [0.1, 0.15) is 11.4 Å². The summed E-state index contributed by atoms with van der Waals surface area (Å²) in [5, 5.41) is -0.204. The van der Waals surface area contributed by atoms with Crippen molar-refractivity contribution >= 4 is 23.6 Å². The molecule has 1 fully saturated rings. The fourth-order valence-corrected chi connectivity index (χ4v) is 4.90. The first-order valence-corrected chi connectivity index (χ1v) is 11.6. The van der Waals surface area contributed by atoms with Crippen LogP contribution in [0.4, 0.5) is 0 Å². The standard InChI is InChI=1S/C25H31NO3S/c1-5-6-16-29-24(28)21-17-30-23(19-10-8-7-9-11-19)26(21)22(27)18-12-14-20(15-13-18)25(2,3)4/h7-15,21,23H,5-6,16-17H2,1-4H3. The summed E-state index contributed by atoms with van der Waals surface area (Å²) in [6.45, 7) is 8.90. The lowest BCUT2D eigenvalue weighted by Gasteiger charge is -2.29. The number of esters is 1. The van der Waals surface area contributed by atoms with Crippen LogP contribution >= 0.6 is 11.8 Å². The Morgan fingerprint density at radius 1 is 1.07 bits per heavy atom. The molecule has 0 saturated carbocycles. The summed E-state index contributed by atoms with van der Waals surface area (Å²) in [5.74, 6) is 0.0943. The van der Waals surface area contributed by atoms with Crippen LogP contribution in [0.3, 0.4) is 0 Å². The van der Waals surface area contributed by atoms with Crippen molar-refractivity contribution in [3.63, 3.8) is 0 Å². The van der Waals surface area contributed by atoms with E-state index in [0.29, 0.717) is 17.9 Å². The van der Waals surface area contributed by atoms with Crippen LogP contribution in [0.1, 0.15) is 67.4 Å². The molecule has 1 aliphatic heterocycles. The molecule has 160 valence electrons. The van der Waals surface area contributed by atoms with E-state index in [1.807, 2.05) is 54.6 Å². The topological polar surface area (TPSA) is 46.6 Å². The highest BCUT2D eigenvalue weighted by Gasteiger charge is 2.43. The third-order valence-electron chi connectivity index (χ3n) is 5.33. The Bertz CT molecular complexity index is 858. The van der Waals surface area contributed by atoms with Crippen molar-refractivity contribution in [3.05, 3.63) is 71.3 Å². The highest BCUT2D eigenvalue weighted by Crippen LogP contribution is 2.42. The van der Waals surface area contributed by atoms with E-state index in [1.165, 1.54) is 5.56 Å². The first kappa shape index (κ1) is 22.4. The van der Waals surface area contributed by atoms with Gasteiger partial charge in [-0.3, -0.25) is 4.79 Å². The molecule has 0 aliphatic carbocycles. The zero-order valence-corrected chi connectivity index (χ0v) is 19.1. The molecule has 1 aliphatic rings. The van der Waals surface area contributed by atoms with Crippen LogP contribution in [0, 0.1) is 0 Å². The predicted octanol–water partition coefficient (Wildman–Crippen LogP) is 5.58. The van der Waals surface area contributed by atoms with E-state index in [0.717, 1.165) is 18.4 Å². The Morgan fingerprint density at radius 2 is 1.73 bits per heavy atom. The predicted molar refractivity (Wildman–Crippen MR) is 123 cm³/mol. The molecule has 0 bridgehead atoms. The van der Waals surface area contributed by atoms with Gasteiger partial charge >= 0.3 is 5.97 Å². The molecule has 5 heteroatoms. The fraction of sp³-hybridized carbons (Fsp3) is 0.440. The average molecular weight is 426 g/mol. The van der Waals surface area contributed by atoms with E-state index >= 15 is 0 Å². The largest absolute Gasteiger partial charge is 0.464 e. The molecule has 1 saturated heterocycles. The number of ether oxygens (including phenoxy) is 1. The maximum Gasteiger partial charge on any atom is 0.329 e. The number of thioether (sulfide) groups is 1. The average Bonchev–Trinajstić information content (AvgIpc) is 3.18. The second-order valence-electron chi connectivity index (χ2n) is 8.67. The molecular weight excluding hydrogens is 394 g/mol. The van der Waals surface area contributed by atoms with Gasteiger partial charge < -0.3 is 9.64 Å². The van der Waals surface area contributed by atoms with Crippen LogP contribution in [-0.4, -0.2) is 35.2 Å². The van der Waals surface area contributed by atoms with Gasteiger partial charge in [0, 0.05) is 11.3 Å². The number of carbonyl (C=O) groups excluding carboxylic acids is 2. The van der Waals surface area contributed by atoms with Gasteiger partial charge in [-0.15, -0.1) is 11.8 Å². The van der Waals surface area contributed by atoms with Gasteiger partial charge in [-0.05, 0) is 35.1 Å². The van der Waals surface area contributed by atoms with Gasteiger partial charge in [0.15, 0.2) is 0 Å². The summed E-state index contributed by atoms with van der Waals surface area (Å²) in [6.07, 6.45) is 1.79. The highest BCUT2D eigenvalue weighted by atomic mass is 32.2. The molecule has 2 aromatic rings. The van der Waals surface area contributed by atoms with Crippen LogP contribution in [0.2, 0.25) is 0 Å². The van der Waals surface area contributed by atoms with Crippen molar-refractivity contribution in [3.8, 4) is 0 Å². The summed E-state index contributed by atoms with van der Waals surface area (Å²) >= 11 is 1.61. The number of unbranched alkanes of at least 4 members (excludes halogenated alkanes) is 1. The highest BCUT2D eigenvalue weighted by molar-refractivity contribution is 7.99. The molecule has 2 unspecified atom stereocenters. The molecule has 30 heavy (non-hydrogen) atoms. The Hall–Kier alpha value is -2.27. The van der Waals surface area contributed by atoms with Gasteiger partial charge in [0.2, 0.25) is 0 Å². The summed E-state index contributed by atoms with van der Waals surface area (Å²) in [5.41, 5.74) is 2.80. The second-order valence-corrected chi connectivity index (χ2v) is 9.79. The monoisotopic (exact) mass is 425 g/mol. The fourth-order valence-electron chi connectivity index (χ4n) is 3.49. The Kier molecular flexibility index (Phi) is 7.24. The summed E-state index contributed by atoms with van der Waals surface area (Å²) in [6, 6.07) is 17.1. The second kappa shape index (κ2) is 9.69. The molecular formula is C25H31NO3S. The first-order valence-electron chi connectivity index (χ1n) is 10.6. The van der Waals surface area contributed by atoms with Crippen LogP contribution < -0.4 is 0 Å². The molecule has 2 atom stereocenters. The minimum atomic E-state index is -0.577. The maximum atomic E-state index is 13.5. The molecule has 4 nitrogen and oxygen atoms in total. The van der Waals surface area contributed by atoms with Crippen molar-refractivity contribution in [2.45, 2.75) is 57.4 Å². The lowest BCUT2D eigenvalue weighted by Crippen LogP contribution is -2.44. The number of carbonyl (C=O) groups is 2. The van der Waals surface area contributed by atoms with Gasteiger partial charge in [0.05, 0.1) is 6.61 Å². The van der Waals surface area contributed by atoms with E-state index in [1.54, 1.807) is 16.7 Å². The van der Waals surface area contributed by atoms with E-state index in [9.17, 15) is 9.59 Å². The first-order chi connectivity index (χ1) is 14.3. The number of nitrogens with zero attached hydrogens (tertiary/aromatic N) is 1. The normalized spacial score (nSPS) is 19.0. The van der Waals surface area contributed by atoms with Gasteiger partial charge in [0.25, 0.3) is 5.91 Å². The van der Waals surface area contributed by atoms with Crippen LogP contribution in [-0.2, 0) is 14.9 Å². The minimum absolute atomic E-state index is 0.0171. The summed E-state index contributed by atoms with van der Waals surface area (Å²) in [7, 11) is 0. The van der Waals surface area contributed by atoms with Crippen LogP contribution in [0.15, 0.2) is 54.6 Å². The van der Waals surface area contributed by atoms with E-state index < -0.39 is 6.04 Å². The summed E-state index contributed by atoms with van der Waals surface area (Å²) in [4.78, 5) is 28.0. The molecule has 0 aromatic heterocycles. The number of amides is 1. The van der Waals surface area contributed by atoms with Gasteiger partial charge in [-0.25, -0.2) is 4.79 Å². The van der Waals surface area contributed by atoms with E-state index in [2.05, 4.69) is 27.7 Å². The Balaban J connectivity index is 1.89. The Labute approximate surface area is 184 Å².